The molecule has 2 heterocycles. The van der Waals surface area contributed by atoms with Crippen LogP contribution in [0.4, 0.5) is 5.82 Å². The van der Waals surface area contributed by atoms with Crippen molar-refractivity contribution in [3.05, 3.63) is 29.7 Å². The minimum atomic E-state index is -1.08. The normalized spacial score (nSPS) is 10.5. The third kappa shape index (κ3) is 1.84. The smallest absolute Gasteiger partial charge is 0.339 e. The zero-order valence-electron chi connectivity index (χ0n) is 9.51. The Labute approximate surface area is 97.7 Å². The SMILES string of the molecule is Cc1c(-c2cnc(N)c(C(=O)O)c2)cnn1C. The minimum absolute atomic E-state index is 0.00533. The van der Waals surface area contributed by atoms with E-state index in [0.717, 1.165) is 11.3 Å². The van der Waals surface area contributed by atoms with E-state index in [0.29, 0.717) is 5.56 Å². The molecule has 0 aliphatic heterocycles. The molecule has 3 N–H and O–H groups in total. The second-order valence-electron chi connectivity index (χ2n) is 3.73. The number of aromatic nitrogens is 3. The molecule has 17 heavy (non-hydrogen) atoms. The molecule has 0 amide bonds. The van der Waals surface area contributed by atoms with Gasteiger partial charge in [0.25, 0.3) is 0 Å². The Morgan fingerprint density at radius 3 is 2.71 bits per heavy atom. The van der Waals surface area contributed by atoms with Gasteiger partial charge < -0.3 is 10.8 Å². The molecule has 0 spiro atoms. The number of carboxylic acid groups (broad SMARTS) is 1. The monoisotopic (exact) mass is 232 g/mol. The third-order valence-electron chi connectivity index (χ3n) is 2.70. The van der Waals surface area contributed by atoms with Gasteiger partial charge in [0.15, 0.2) is 0 Å². The van der Waals surface area contributed by atoms with E-state index in [1.54, 1.807) is 17.1 Å². The highest BCUT2D eigenvalue weighted by molar-refractivity contribution is 5.94. The topological polar surface area (TPSA) is 94.0 Å². The molecule has 0 fully saturated rings. The molecule has 0 aliphatic rings. The first-order valence-electron chi connectivity index (χ1n) is 4.98. The third-order valence-corrected chi connectivity index (χ3v) is 2.70. The number of carboxylic acids is 1. The zero-order chi connectivity index (χ0) is 12.6. The molecular weight excluding hydrogens is 220 g/mol. The largest absolute Gasteiger partial charge is 0.478 e. The van der Waals surface area contributed by atoms with Gasteiger partial charge in [-0.1, -0.05) is 0 Å². The minimum Gasteiger partial charge on any atom is -0.478 e. The van der Waals surface area contributed by atoms with Crippen molar-refractivity contribution in [3.8, 4) is 11.1 Å². The van der Waals surface area contributed by atoms with Crippen LogP contribution < -0.4 is 5.73 Å². The van der Waals surface area contributed by atoms with E-state index in [2.05, 4.69) is 10.1 Å². The van der Waals surface area contributed by atoms with E-state index in [1.807, 2.05) is 14.0 Å². The van der Waals surface area contributed by atoms with Gasteiger partial charge in [-0.3, -0.25) is 4.68 Å². The van der Waals surface area contributed by atoms with Crippen molar-refractivity contribution in [2.75, 3.05) is 5.73 Å². The van der Waals surface area contributed by atoms with Gasteiger partial charge in [0, 0.05) is 30.1 Å². The fourth-order valence-electron chi connectivity index (χ4n) is 1.58. The molecule has 0 saturated carbocycles. The van der Waals surface area contributed by atoms with Gasteiger partial charge in [-0.25, -0.2) is 9.78 Å². The van der Waals surface area contributed by atoms with Crippen molar-refractivity contribution in [2.24, 2.45) is 7.05 Å². The number of aryl methyl sites for hydroxylation is 1. The van der Waals surface area contributed by atoms with Crippen molar-refractivity contribution in [1.29, 1.82) is 0 Å². The molecule has 0 aliphatic carbocycles. The van der Waals surface area contributed by atoms with Crippen LogP contribution in [-0.4, -0.2) is 25.8 Å². The summed E-state index contributed by atoms with van der Waals surface area (Å²) in [6.07, 6.45) is 3.22. The summed E-state index contributed by atoms with van der Waals surface area (Å²) in [5, 5.41) is 13.1. The molecule has 6 heteroatoms. The number of carbonyl (C=O) groups is 1. The van der Waals surface area contributed by atoms with E-state index >= 15 is 0 Å². The average Bonchev–Trinajstić information content (AvgIpc) is 2.60. The van der Waals surface area contributed by atoms with Crippen molar-refractivity contribution in [1.82, 2.24) is 14.8 Å². The standard InChI is InChI=1S/C11H12N4O2/c1-6-9(5-14-15(6)2)7-3-8(11(16)17)10(12)13-4-7/h3-5H,1-2H3,(H2,12,13)(H,16,17). The van der Waals surface area contributed by atoms with E-state index in [1.165, 1.54) is 6.07 Å². The quantitative estimate of drug-likeness (QED) is 0.807. The average molecular weight is 232 g/mol. The highest BCUT2D eigenvalue weighted by Crippen LogP contribution is 2.24. The molecular formula is C11H12N4O2. The molecule has 2 aromatic heterocycles. The predicted octanol–water partition coefficient (Wildman–Crippen LogP) is 1.07. The lowest BCUT2D eigenvalue weighted by atomic mass is 10.1. The van der Waals surface area contributed by atoms with Crippen LogP contribution >= 0.6 is 0 Å². The van der Waals surface area contributed by atoms with Gasteiger partial charge in [-0.15, -0.1) is 0 Å². The Morgan fingerprint density at radius 2 is 2.18 bits per heavy atom. The van der Waals surface area contributed by atoms with Crippen LogP contribution in [-0.2, 0) is 7.05 Å². The molecule has 2 aromatic rings. The summed E-state index contributed by atoms with van der Waals surface area (Å²) in [6.45, 7) is 1.90. The van der Waals surface area contributed by atoms with Crippen molar-refractivity contribution in [3.63, 3.8) is 0 Å². The number of nitrogens with two attached hydrogens (primary N) is 1. The molecule has 0 aromatic carbocycles. The van der Waals surface area contributed by atoms with E-state index < -0.39 is 5.97 Å². The highest BCUT2D eigenvalue weighted by atomic mass is 16.4. The van der Waals surface area contributed by atoms with Crippen molar-refractivity contribution < 1.29 is 9.90 Å². The molecule has 0 radical (unpaired) electrons. The molecule has 0 unspecified atom stereocenters. The number of rotatable bonds is 2. The van der Waals surface area contributed by atoms with E-state index in [4.69, 9.17) is 10.8 Å². The fraction of sp³-hybridized carbons (Fsp3) is 0.182. The first-order chi connectivity index (χ1) is 8.00. The fourth-order valence-corrected chi connectivity index (χ4v) is 1.58. The summed E-state index contributed by atoms with van der Waals surface area (Å²) in [4.78, 5) is 14.8. The second kappa shape index (κ2) is 3.89. The molecule has 0 atom stereocenters. The van der Waals surface area contributed by atoms with E-state index in [-0.39, 0.29) is 11.4 Å². The molecule has 6 nitrogen and oxygen atoms in total. The molecule has 2 rings (SSSR count). The Morgan fingerprint density at radius 1 is 1.47 bits per heavy atom. The summed E-state index contributed by atoms with van der Waals surface area (Å²) in [5.41, 5.74) is 7.99. The van der Waals surface area contributed by atoms with Crippen LogP contribution in [0.3, 0.4) is 0 Å². The number of pyridine rings is 1. The summed E-state index contributed by atoms with van der Waals surface area (Å²) < 4.78 is 1.71. The lowest BCUT2D eigenvalue weighted by Gasteiger charge is -2.04. The lowest BCUT2D eigenvalue weighted by molar-refractivity contribution is 0.0697. The molecule has 88 valence electrons. The maximum Gasteiger partial charge on any atom is 0.339 e. The number of nitrogens with zero attached hydrogens (tertiary/aromatic N) is 3. The second-order valence-corrected chi connectivity index (χ2v) is 3.73. The van der Waals surface area contributed by atoms with Crippen LogP contribution in [0.1, 0.15) is 16.1 Å². The number of aromatic carboxylic acids is 1. The van der Waals surface area contributed by atoms with Gasteiger partial charge in [0.2, 0.25) is 0 Å². The highest BCUT2D eigenvalue weighted by Gasteiger charge is 2.13. The first-order valence-corrected chi connectivity index (χ1v) is 4.98. The number of nitrogen functional groups attached to an aromatic ring is 1. The van der Waals surface area contributed by atoms with Gasteiger partial charge in [-0.05, 0) is 13.0 Å². The number of hydrogen-bond acceptors (Lipinski definition) is 4. The van der Waals surface area contributed by atoms with Crippen LogP contribution in [0.25, 0.3) is 11.1 Å². The summed E-state index contributed by atoms with van der Waals surface area (Å²) in [6, 6.07) is 1.51. The van der Waals surface area contributed by atoms with Crippen molar-refractivity contribution in [2.45, 2.75) is 6.92 Å². The lowest BCUT2D eigenvalue weighted by Crippen LogP contribution is -2.04. The predicted molar refractivity (Wildman–Crippen MR) is 62.5 cm³/mol. The molecule has 0 saturated heterocycles. The van der Waals surface area contributed by atoms with Gasteiger partial charge in [0.1, 0.15) is 11.4 Å². The maximum atomic E-state index is 11.0. The van der Waals surface area contributed by atoms with Gasteiger partial charge >= 0.3 is 5.97 Å². The Kier molecular flexibility index (Phi) is 2.55. The van der Waals surface area contributed by atoms with Crippen molar-refractivity contribution >= 4 is 11.8 Å². The van der Waals surface area contributed by atoms with Gasteiger partial charge in [0.05, 0.1) is 6.20 Å². The van der Waals surface area contributed by atoms with Gasteiger partial charge in [-0.2, -0.15) is 5.10 Å². The summed E-state index contributed by atoms with van der Waals surface area (Å²) >= 11 is 0. The number of hydrogen-bond donors (Lipinski definition) is 2. The van der Waals surface area contributed by atoms with Crippen LogP contribution in [0.5, 0.6) is 0 Å². The Hall–Kier alpha value is -2.37. The molecule has 0 bridgehead atoms. The summed E-state index contributed by atoms with van der Waals surface area (Å²) in [7, 11) is 1.82. The first kappa shape index (κ1) is 11.1. The maximum absolute atomic E-state index is 11.0. The van der Waals surface area contributed by atoms with Crippen LogP contribution in [0.2, 0.25) is 0 Å². The van der Waals surface area contributed by atoms with Crippen LogP contribution in [0.15, 0.2) is 18.5 Å². The summed E-state index contributed by atoms with van der Waals surface area (Å²) in [5.74, 6) is -1.07. The zero-order valence-corrected chi connectivity index (χ0v) is 9.51. The van der Waals surface area contributed by atoms with E-state index in [9.17, 15) is 4.79 Å². The number of anilines is 1. The Bertz CT molecular complexity index is 589. The Balaban J connectivity index is 2.58. The van der Waals surface area contributed by atoms with Crippen LogP contribution in [0, 0.1) is 6.92 Å².